The van der Waals surface area contributed by atoms with E-state index >= 15 is 0 Å². The molecule has 0 heterocycles. The topological polar surface area (TPSA) is 20.2 Å². The second-order valence-corrected chi connectivity index (χ2v) is 3.91. The summed E-state index contributed by atoms with van der Waals surface area (Å²) < 4.78 is 0. The zero-order valence-corrected chi connectivity index (χ0v) is 9.18. The lowest BCUT2D eigenvalue weighted by molar-refractivity contribution is 0.0113. The molecule has 0 rings (SSSR count). The minimum absolute atomic E-state index is 0.396. The van der Waals surface area contributed by atoms with Crippen LogP contribution in [-0.2, 0) is 0 Å². The lowest BCUT2D eigenvalue weighted by atomic mass is 9.87. The Labute approximate surface area is 82.9 Å². The van der Waals surface area contributed by atoms with Gasteiger partial charge in [0.25, 0.3) is 0 Å². The number of rotatable bonds is 8. The smallest absolute Gasteiger partial charge is 0.0647 e. The zero-order valence-electron chi connectivity index (χ0n) is 9.18. The van der Waals surface area contributed by atoms with E-state index in [9.17, 15) is 5.11 Å². The highest BCUT2D eigenvalue weighted by atomic mass is 16.3. The molecule has 0 saturated heterocycles. The highest BCUT2D eigenvalue weighted by Crippen LogP contribution is 2.25. The third kappa shape index (κ3) is 5.87. The summed E-state index contributed by atoms with van der Waals surface area (Å²) in [5.74, 6) is 0. The van der Waals surface area contributed by atoms with Gasteiger partial charge in [-0.1, -0.05) is 32.8 Å². The van der Waals surface area contributed by atoms with Crippen LogP contribution in [0, 0.1) is 0 Å². The van der Waals surface area contributed by atoms with E-state index in [1.54, 1.807) is 0 Å². The Balaban J connectivity index is 3.83. The molecule has 0 bridgehead atoms. The molecule has 0 fully saturated rings. The first-order chi connectivity index (χ1) is 6.18. The Bertz CT molecular complexity index is 123. The SMILES string of the molecule is C=CCCCC(O)(CCC)CCC. The molecule has 0 aromatic rings. The van der Waals surface area contributed by atoms with Crippen molar-refractivity contribution in [2.24, 2.45) is 0 Å². The minimum Gasteiger partial charge on any atom is -0.390 e. The first kappa shape index (κ1) is 12.7. The van der Waals surface area contributed by atoms with Gasteiger partial charge in [-0.05, 0) is 32.1 Å². The van der Waals surface area contributed by atoms with Gasteiger partial charge in [-0.15, -0.1) is 6.58 Å². The highest BCUT2D eigenvalue weighted by Gasteiger charge is 2.23. The molecule has 13 heavy (non-hydrogen) atoms. The number of aliphatic hydroxyl groups is 1. The van der Waals surface area contributed by atoms with Gasteiger partial charge in [0.1, 0.15) is 0 Å². The van der Waals surface area contributed by atoms with Crippen molar-refractivity contribution < 1.29 is 5.11 Å². The summed E-state index contributed by atoms with van der Waals surface area (Å²) in [7, 11) is 0. The minimum atomic E-state index is -0.396. The standard InChI is InChI=1S/C12H24O/c1-4-7-8-11-12(13,9-5-2)10-6-3/h4,13H,1,5-11H2,2-3H3. The number of hydrogen-bond donors (Lipinski definition) is 1. The largest absolute Gasteiger partial charge is 0.390 e. The molecule has 0 unspecified atom stereocenters. The van der Waals surface area contributed by atoms with Crippen LogP contribution >= 0.6 is 0 Å². The molecule has 78 valence electrons. The van der Waals surface area contributed by atoms with Crippen molar-refractivity contribution in [2.45, 2.75) is 64.4 Å². The first-order valence-electron chi connectivity index (χ1n) is 5.51. The van der Waals surface area contributed by atoms with Crippen LogP contribution in [0.3, 0.4) is 0 Å². The fourth-order valence-corrected chi connectivity index (χ4v) is 1.88. The van der Waals surface area contributed by atoms with Crippen molar-refractivity contribution in [2.75, 3.05) is 0 Å². The summed E-state index contributed by atoms with van der Waals surface area (Å²) in [4.78, 5) is 0. The van der Waals surface area contributed by atoms with E-state index in [2.05, 4.69) is 20.4 Å². The zero-order chi connectivity index (χ0) is 10.2. The van der Waals surface area contributed by atoms with Crippen LogP contribution in [-0.4, -0.2) is 10.7 Å². The van der Waals surface area contributed by atoms with Crippen LogP contribution in [0.2, 0.25) is 0 Å². The monoisotopic (exact) mass is 184 g/mol. The molecule has 0 radical (unpaired) electrons. The van der Waals surface area contributed by atoms with Crippen LogP contribution in [0.4, 0.5) is 0 Å². The van der Waals surface area contributed by atoms with E-state index in [0.717, 1.165) is 44.9 Å². The van der Waals surface area contributed by atoms with Gasteiger partial charge >= 0.3 is 0 Å². The van der Waals surface area contributed by atoms with Gasteiger partial charge in [0.15, 0.2) is 0 Å². The van der Waals surface area contributed by atoms with Gasteiger partial charge in [-0.3, -0.25) is 0 Å². The molecule has 0 spiro atoms. The van der Waals surface area contributed by atoms with Gasteiger partial charge in [0, 0.05) is 0 Å². The Morgan fingerprint density at radius 1 is 1.15 bits per heavy atom. The summed E-state index contributed by atoms with van der Waals surface area (Å²) in [5.41, 5.74) is -0.396. The van der Waals surface area contributed by atoms with Crippen molar-refractivity contribution in [1.29, 1.82) is 0 Å². The van der Waals surface area contributed by atoms with Gasteiger partial charge in [-0.2, -0.15) is 0 Å². The van der Waals surface area contributed by atoms with Crippen molar-refractivity contribution in [3.05, 3.63) is 12.7 Å². The Morgan fingerprint density at radius 2 is 1.69 bits per heavy atom. The van der Waals surface area contributed by atoms with E-state index in [0.29, 0.717) is 0 Å². The lowest BCUT2D eigenvalue weighted by Gasteiger charge is -2.27. The maximum atomic E-state index is 10.2. The molecule has 0 atom stereocenters. The summed E-state index contributed by atoms with van der Waals surface area (Å²) in [6, 6.07) is 0. The van der Waals surface area contributed by atoms with E-state index in [-0.39, 0.29) is 0 Å². The lowest BCUT2D eigenvalue weighted by Crippen LogP contribution is -2.27. The van der Waals surface area contributed by atoms with Gasteiger partial charge < -0.3 is 5.11 Å². The first-order valence-corrected chi connectivity index (χ1v) is 5.51. The van der Waals surface area contributed by atoms with Crippen LogP contribution in [0.1, 0.15) is 58.8 Å². The maximum absolute atomic E-state index is 10.2. The van der Waals surface area contributed by atoms with Crippen molar-refractivity contribution >= 4 is 0 Å². The third-order valence-electron chi connectivity index (χ3n) is 2.48. The number of allylic oxidation sites excluding steroid dienone is 1. The van der Waals surface area contributed by atoms with Crippen molar-refractivity contribution in [3.63, 3.8) is 0 Å². The molecule has 0 aromatic carbocycles. The van der Waals surface area contributed by atoms with Crippen LogP contribution in [0.25, 0.3) is 0 Å². The third-order valence-corrected chi connectivity index (χ3v) is 2.48. The summed E-state index contributed by atoms with van der Waals surface area (Å²) in [5, 5.41) is 10.2. The molecular formula is C12H24O. The maximum Gasteiger partial charge on any atom is 0.0647 e. The molecule has 0 amide bonds. The van der Waals surface area contributed by atoms with Gasteiger partial charge in [0.05, 0.1) is 5.60 Å². The van der Waals surface area contributed by atoms with Crippen LogP contribution in [0.5, 0.6) is 0 Å². The average Bonchev–Trinajstić information content (AvgIpc) is 2.05. The predicted molar refractivity (Wildman–Crippen MR) is 58.8 cm³/mol. The van der Waals surface area contributed by atoms with E-state index in [4.69, 9.17) is 0 Å². The number of hydrogen-bond acceptors (Lipinski definition) is 1. The normalized spacial score (nSPS) is 11.6. The summed E-state index contributed by atoms with van der Waals surface area (Å²) in [6.45, 7) is 7.96. The van der Waals surface area contributed by atoms with E-state index in [1.165, 1.54) is 0 Å². The second kappa shape index (κ2) is 7.14. The molecule has 0 saturated carbocycles. The fraction of sp³-hybridized carbons (Fsp3) is 0.833. The molecule has 0 aliphatic carbocycles. The highest BCUT2D eigenvalue weighted by molar-refractivity contribution is 4.79. The Kier molecular flexibility index (Phi) is 6.97. The quantitative estimate of drug-likeness (QED) is 0.451. The summed E-state index contributed by atoms with van der Waals surface area (Å²) >= 11 is 0. The molecule has 1 nitrogen and oxygen atoms in total. The Morgan fingerprint density at radius 3 is 2.08 bits per heavy atom. The molecule has 1 heteroatoms. The summed E-state index contributed by atoms with van der Waals surface area (Å²) in [6.07, 6.45) is 8.99. The average molecular weight is 184 g/mol. The molecular weight excluding hydrogens is 160 g/mol. The van der Waals surface area contributed by atoms with Crippen molar-refractivity contribution in [1.82, 2.24) is 0 Å². The van der Waals surface area contributed by atoms with Crippen LogP contribution in [0.15, 0.2) is 12.7 Å². The molecule has 0 aliphatic heterocycles. The van der Waals surface area contributed by atoms with E-state index in [1.807, 2.05) is 6.08 Å². The van der Waals surface area contributed by atoms with Crippen LogP contribution < -0.4 is 0 Å². The predicted octanol–water partition coefficient (Wildman–Crippen LogP) is 3.67. The second-order valence-electron chi connectivity index (χ2n) is 3.91. The molecule has 0 aromatic heterocycles. The van der Waals surface area contributed by atoms with E-state index < -0.39 is 5.60 Å². The molecule has 0 aliphatic rings. The van der Waals surface area contributed by atoms with Crippen molar-refractivity contribution in [3.8, 4) is 0 Å². The fourth-order valence-electron chi connectivity index (χ4n) is 1.88. The molecule has 1 N–H and O–H groups in total. The van der Waals surface area contributed by atoms with Gasteiger partial charge in [0.2, 0.25) is 0 Å². The number of unbranched alkanes of at least 4 members (excludes halogenated alkanes) is 1. The Hall–Kier alpha value is -0.300. The van der Waals surface area contributed by atoms with Gasteiger partial charge in [-0.25, -0.2) is 0 Å².